The second kappa shape index (κ2) is 13.7. The molecule has 0 spiro atoms. The number of aromatic nitrogens is 1. The zero-order valence-corrected chi connectivity index (χ0v) is 27.3. The van der Waals surface area contributed by atoms with Crippen LogP contribution in [0.1, 0.15) is 35.2 Å². The van der Waals surface area contributed by atoms with Crippen LogP contribution in [0.5, 0.6) is 11.5 Å². The molecule has 0 saturated carbocycles. The summed E-state index contributed by atoms with van der Waals surface area (Å²) < 4.78 is 33.8. The molecule has 0 aliphatic carbocycles. The smallest absolute Gasteiger partial charge is 0.338 e. The van der Waals surface area contributed by atoms with Crippen LogP contribution in [0.25, 0.3) is 11.8 Å². The lowest BCUT2D eigenvalue weighted by Crippen LogP contribution is -2.40. The maximum absolute atomic E-state index is 14.2. The minimum absolute atomic E-state index is 0.132. The van der Waals surface area contributed by atoms with E-state index in [1.54, 1.807) is 38.3 Å². The standard InChI is InChI=1S/C36H28BrFN2O5S/c1-3-44-35(42)30-31(24-12-8-5-9-13-24)39-36-40(32(30)25-14-16-26(38)17-15-25)34(41)29(46-36)20-23-18-27(37)33(28(19-23)43-2)45-21-22-10-6-4-7-11-22/h4-20,32H,3,21H2,1-2H3/b29-20-/t32-/m0/s1. The molecule has 0 saturated heterocycles. The van der Waals surface area contributed by atoms with Crippen LogP contribution in [0.15, 0.2) is 117 Å². The predicted octanol–water partition coefficient (Wildman–Crippen LogP) is 6.42. The fraction of sp³-hybridized carbons (Fsp3) is 0.139. The molecule has 0 amide bonds. The second-order valence-corrected chi connectivity index (χ2v) is 12.2. The first-order valence-corrected chi connectivity index (χ1v) is 16.1. The Balaban J connectivity index is 1.50. The van der Waals surface area contributed by atoms with Gasteiger partial charge in [0.25, 0.3) is 5.56 Å². The maximum atomic E-state index is 14.2. The number of hydrogen-bond donors (Lipinski definition) is 0. The van der Waals surface area contributed by atoms with Crippen LogP contribution in [0, 0.1) is 5.82 Å². The van der Waals surface area contributed by atoms with Gasteiger partial charge in [-0.3, -0.25) is 9.36 Å². The van der Waals surface area contributed by atoms with Gasteiger partial charge in [-0.05, 0) is 69.9 Å². The Morgan fingerprint density at radius 2 is 1.72 bits per heavy atom. The summed E-state index contributed by atoms with van der Waals surface area (Å²) in [4.78, 5) is 33.0. The highest BCUT2D eigenvalue weighted by Gasteiger charge is 2.35. The van der Waals surface area contributed by atoms with E-state index in [1.807, 2.05) is 66.7 Å². The van der Waals surface area contributed by atoms with E-state index in [0.717, 1.165) is 5.56 Å². The number of thiazole rings is 1. The molecular formula is C36H28BrFN2O5S. The van der Waals surface area contributed by atoms with Gasteiger partial charge in [0.15, 0.2) is 16.3 Å². The first kappa shape index (κ1) is 31.2. The third-order valence-electron chi connectivity index (χ3n) is 7.33. The van der Waals surface area contributed by atoms with Crippen LogP contribution in [0.4, 0.5) is 4.39 Å². The first-order valence-electron chi connectivity index (χ1n) is 14.5. The number of esters is 1. The van der Waals surface area contributed by atoms with Crippen molar-refractivity contribution in [3.8, 4) is 11.5 Å². The van der Waals surface area contributed by atoms with Gasteiger partial charge >= 0.3 is 5.97 Å². The van der Waals surface area contributed by atoms with Crippen LogP contribution in [0.2, 0.25) is 0 Å². The molecule has 0 bridgehead atoms. The van der Waals surface area contributed by atoms with E-state index in [2.05, 4.69) is 15.9 Å². The molecule has 1 aromatic heterocycles. The third-order valence-corrected chi connectivity index (χ3v) is 8.91. The third kappa shape index (κ3) is 6.31. The van der Waals surface area contributed by atoms with Gasteiger partial charge in [-0.25, -0.2) is 14.2 Å². The molecule has 4 aromatic carbocycles. The van der Waals surface area contributed by atoms with Crippen LogP contribution in [0.3, 0.4) is 0 Å². The summed E-state index contributed by atoms with van der Waals surface area (Å²) >= 11 is 4.80. The Kier molecular flexibility index (Phi) is 9.28. The molecule has 7 nitrogen and oxygen atoms in total. The monoisotopic (exact) mass is 698 g/mol. The number of nitrogens with zero attached hydrogens (tertiary/aromatic N) is 2. The number of fused-ring (bicyclic) bond motifs is 1. The highest BCUT2D eigenvalue weighted by atomic mass is 79.9. The lowest BCUT2D eigenvalue weighted by atomic mass is 9.93. The maximum Gasteiger partial charge on any atom is 0.338 e. The minimum atomic E-state index is -0.900. The van der Waals surface area contributed by atoms with Crippen molar-refractivity contribution in [1.29, 1.82) is 0 Å². The number of halogens is 2. The first-order chi connectivity index (χ1) is 22.4. The summed E-state index contributed by atoms with van der Waals surface area (Å²) in [5.74, 6) is -0.0115. The summed E-state index contributed by atoms with van der Waals surface area (Å²) in [6.07, 6.45) is 1.75. The molecule has 0 radical (unpaired) electrons. The second-order valence-electron chi connectivity index (χ2n) is 10.3. The predicted molar refractivity (Wildman–Crippen MR) is 179 cm³/mol. The van der Waals surface area contributed by atoms with E-state index in [-0.39, 0.29) is 17.7 Å². The van der Waals surface area contributed by atoms with Crippen molar-refractivity contribution in [2.24, 2.45) is 4.99 Å². The van der Waals surface area contributed by atoms with Gasteiger partial charge in [-0.1, -0.05) is 84.1 Å². The lowest BCUT2D eigenvalue weighted by Gasteiger charge is -2.25. The Morgan fingerprint density at radius 1 is 1.02 bits per heavy atom. The Hall–Kier alpha value is -4.80. The van der Waals surface area contributed by atoms with Gasteiger partial charge in [-0.15, -0.1) is 0 Å². The van der Waals surface area contributed by atoms with E-state index in [4.69, 9.17) is 19.2 Å². The number of carbonyl (C=O) groups is 1. The Labute approximate surface area is 276 Å². The molecule has 0 fully saturated rings. The molecule has 2 heterocycles. The summed E-state index contributed by atoms with van der Waals surface area (Å²) in [7, 11) is 1.56. The Bertz CT molecular complexity index is 2110. The summed E-state index contributed by atoms with van der Waals surface area (Å²) in [6, 6.07) is 27.5. The van der Waals surface area contributed by atoms with Crippen molar-refractivity contribution in [3.63, 3.8) is 0 Å². The van der Waals surface area contributed by atoms with Crippen molar-refractivity contribution in [2.45, 2.75) is 19.6 Å². The highest BCUT2D eigenvalue weighted by Crippen LogP contribution is 2.38. The van der Waals surface area contributed by atoms with E-state index >= 15 is 0 Å². The van der Waals surface area contributed by atoms with Gasteiger partial charge in [0.2, 0.25) is 0 Å². The van der Waals surface area contributed by atoms with E-state index in [0.29, 0.717) is 54.3 Å². The van der Waals surface area contributed by atoms with Crippen molar-refractivity contribution >= 4 is 45.0 Å². The van der Waals surface area contributed by atoms with Crippen LogP contribution in [-0.4, -0.2) is 24.3 Å². The normalized spacial score (nSPS) is 14.4. The van der Waals surface area contributed by atoms with Crippen molar-refractivity contribution in [3.05, 3.63) is 155 Å². The van der Waals surface area contributed by atoms with Gasteiger partial charge in [0.1, 0.15) is 12.4 Å². The molecule has 46 heavy (non-hydrogen) atoms. The molecule has 0 N–H and O–H groups in total. The zero-order chi connectivity index (χ0) is 32.2. The summed E-state index contributed by atoms with van der Waals surface area (Å²) in [6.45, 7) is 2.20. The fourth-order valence-corrected chi connectivity index (χ4v) is 6.82. The molecule has 10 heteroatoms. The zero-order valence-electron chi connectivity index (χ0n) is 24.9. The number of benzene rings is 4. The molecule has 232 valence electrons. The average molecular weight is 700 g/mol. The number of carbonyl (C=O) groups excluding carboxylic acids is 1. The van der Waals surface area contributed by atoms with Gasteiger partial charge in [-0.2, -0.15) is 0 Å². The quantitative estimate of drug-likeness (QED) is 0.166. The molecule has 0 unspecified atom stereocenters. The molecule has 1 aliphatic heterocycles. The SMILES string of the molecule is CCOC(=O)C1=C(c2ccccc2)N=c2s/c(=C\c3cc(Br)c(OCc4ccccc4)c(OC)c3)c(=O)n2[C@H]1c1ccc(F)cc1. The molecule has 6 rings (SSSR count). The van der Waals surface area contributed by atoms with E-state index in [9.17, 15) is 14.0 Å². The molecule has 1 aliphatic rings. The molecular weight excluding hydrogens is 671 g/mol. The molecule has 5 aromatic rings. The van der Waals surface area contributed by atoms with Crippen molar-refractivity contribution < 1.29 is 23.4 Å². The van der Waals surface area contributed by atoms with E-state index in [1.165, 1.54) is 28.0 Å². The average Bonchev–Trinajstić information content (AvgIpc) is 3.38. The summed E-state index contributed by atoms with van der Waals surface area (Å²) in [5, 5.41) is 0. The largest absolute Gasteiger partial charge is 0.493 e. The van der Waals surface area contributed by atoms with Gasteiger partial charge in [0, 0.05) is 5.56 Å². The molecule has 1 atom stereocenters. The van der Waals surface area contributed by atoms with Crippen LogP contribution >= 0.6 is 27.3 Å². The van der Waals surface area contributed by atoms with Gasteiger partial charge < -0.3 is 14.2 Å². The number of rotatable bonds is 9. The fourth-order valence-electron chi connectivity index (χ4n) is 5.25. The highest BCUT2D eigenvalue weighted by molar-refractivity contribution is 9.10. The number of methoxy groups -OCH3 is 1. The van der Waals surface area contributed by atoms with Gasteiger partial charge in [0.05, 0.1) is 40.0 Å². The topological polar surface area (TPSA) is 79.1 Å². The minimum Gasteiger partial charge on any atom is -0.493 e. The van der Waals surface area contributed by atoms with Crippen molar-refractivity contribution in [1.82, 2.24) is 4.57 Å². The van der Waals surface area contributed by atoms with Crippen LogP contribution in [-0.2, 0) is 16.1 Å². The Morgan fingerprint density at radius 3 is 2.39 bits per heavy atom. The summed E-state index contributed by atoms with van der Waals surface area (Å²) in [5.41, 5.74) is 3.17. The van der Waals surface area contributed by atoms with Crippen molar-refractivity contribution in [2.75, 3.05) is 13.7 Å². The van der Waals surface area contributed by atoms with E-state index < -0.39 is 17.8 Å². The number of hydrogen-bond acceptors (Lipinski definition) is 7. The van der Waals surface area contributed by atoms with Crippen LogP contribution < -0.4 is 24.4 Å². The number of ether oxygens (including phenoxy) is 3. The lowest BCUT2D eigenvalue weighted by molar-refractivity contribution is -0.138.